The predicted octanol–water partition coefficient (Wildman–Crippen LogP) is 6.11. The number of carbonyl (C=O) groups excluding carboxylic acids is 1. The molecule has 0 bridgehead atoms. The second-order valence-electron chi connectivity index (χ2n) is 6.94. The van der Waals surface area contributed by atoms with Crippen LogP contribution in [-0.4, -0.2) is 15.9 Å². The number of halogens is 1. The van der Waals surface area contributed by atoms with Gasteiger partial charge in [0.05, 0.1) is 5.70 Å². The second kappa shape index (κ2) is 7.54. The number of benzene rings is 3. The number of Topliss-reactive ketones (excluding diaryl/α,β-unsaturated/α-hetero) is 1. The van der Waals surface area contributed by atoms with Gasteiger partial charge in [-0.2, -0.15) is 0 Å². The second-order valence-corrected chi connectivity index (χ2v) is 8.21. The molecule has 5 rings (SSSR count). The fourth-order valence-electron chi connectivity index (χ4n) is 3.77. The van der Waals surface area contributed by atoms with E-state index in [1.54, 1.807) is 11.8 Å². The maximum atomic E-state index is 13.7. The zero-order valence-electron chi connectivity index (χ0n) is 15.4. The SMILES string of the molecule is O=C1C(c2ccc(Cl)cc2)N=C2SC=C(c3ccccc3)N2C1c1ccccc1. The smallest absolute Gasteiger partial charge is 0.189 e. The van der Waals surface area contributed by atoms with E-state index < -0.39 is 12.1 Å². The molecule has 142 valence electrons. The highest BCUT2D eigenvalue weighted by molar-refractivity contribution is 8.16. The van der Waals surface area contributed by atoms with Crippen LogP contribution >= 0.6 is 23.4 Å². The van der Waals surface area contributed by atoms with E-state index in [1.807, 2.05) is 72.8 Å². The Kier molecular flexibility index (Phi) is 4.74. The van der Waals surface area contributed by atoms with E-state index in [4.69, 9.17) is 16.6 Å². The topological polar surface area (TPSA) is 32.7 Å². The lowest BCUT2D eigenvalue weighted by atomic mass is 9.90. The van der Waals surface area contributed by atoms with Gasteiger partial charge >= 0.3 is 0 Å². The van der Waals surface area contributed by atoms with Gasteiger partial charge in [0, 0.05) is 10.4 Å². The van der Waals surface area contributed by atoms with Crippen LogP contribution < -0.4 is 0 Å². The van der Waals surface area contributed by atoms with Crippen LogP contribution in [0.2, 0.25) is 5.02 Å². The highest BCUT2D eigenvalue weighted by atomic mass is 35.5. The summed E-state index contributed by atoms with van der Waals surface area (Å²) in [5.41, 5.74) is 3.91. The van der Waals surface area contributed by atoms with Gasteiger partial charge in [-0.3, -0.25) is 4.79 Å². The molecule has 2 atom stereocenters. The van der Waals surface area contributed by atoms with E-state index in [-0.39, 0.29) is 5.78 Å². The lowest BCUT2D eigenvalue weighted by Gasteiger charge is -2.36. The molecule has 0 aromatic heterocycles. The van der Waals surface area contributed by atoms with Gasteiger partial charge in [0.2, 0.25) is 0 Å². The zero-order chi connectivity index (χ0) is 19.8. The molecule has 0 saturated heterocycles. The molecular weight excluding hydrogens is 400 g/mol. The lowest BCUT2D eigenvalue weighted by molar-refractivity contribution is -0.124. The highest BCUT2D eigenvalue weighted by Gasteiger charge is 2.43. The van der Waals surface area contributed by atoms with Crippen molar-refractivity contribution in [3.8, 4) is 0 Å². The summed E-state index contributed by atoms with van der Waals surface area (Å²) in [4.78, 5) is 20.6. The fraction of sp³-hybridized carbons (Fsp3) is 0.0833. The Bertz CT molecular complexity index is 1110. The summed E-state index contributed by atoms with van der Waals surface area (Å²) >= 11 is 7.61. The summed E-state index contributed by atoms with van der Waals surface area (Å²) in [5, 5.41) is 3.58. The van der Waals surface area contributed by atoms with Crippen molar-refractivity contribution in [2.45, 2.75) is 12.1 Å². The molecule has 0 spiro atoms. The number of aliphatic imine (C=N–C) groups is 1. The summed E-state index contributed by atoms with van der Waals surface area (Å²) < 4.78 is 0. The maximum Gasteiger partial charge on any atom is 0.189 e. The van der Waals surface area contributed by atoms with Crippen LogP contribution in [0.15, 0.2) is 95.3 Å². The van der Waals surface area contributed by atoms with Gasteiger partial charge in [-0.15, -0.1) is 0 Å². The van der Waals surface area contributed by atoms with Gasteiger partial charge < -0.3 is 4.90 Å². The summed E-state index contributed by atoms with van der Waals surface area (Å²) in [7, 11) is 0. The van der Waals surface area contributed by atoms with Crippen molar-refractivity contribution >= 4 is 40.0 Å². The van der Waals surface area contributed by atoms with Gasteiger partial charge in [0.1, 0.15) is 12.1 Å². The van der Waals surface area contributed by atoms with Gasteiger partial charge in [0.15, 0.2) is 11.0 Å². The normalized spacial score (nSPS) is 20.9. The van der Waals surface area contributed by atoms with Crippen LogP contribution in [-0.2, 0) is 4.79 Å². The quantitative estimate of drug-likeness (QED) is 0.516. The van der Waals surface area contributed by atoms with Gasteiger partial charge in [0.25, 0.3) is 0 Å². The average molecular weight is 417 g/mol. The molecule has 0 amide bonds. The minimum Gasteiger partial charge on any atom is -0.305 e. The number of rotatable bonds is 3. The molecule has 0 radical (unpaired) electrons. The molecule has 0 N–H and O–H groups in total. The van der Waals surface area contributed by atoms with Crippen LogP contribution in [0, 0.1) is 0 Å². The first kappa shape index (κ1) is 18.2. The number of ketones is 1. The Hall–Kier alpha value is -2.82. The van der Waals surface area contributed by atoms with Crippen molar-refractivity contribution in [1.82, 2.24) is 4.90 Å². The molecule has 3 nitrogen and oxygen atoms in total. The molecule has 29 heavy (non-hydrogen) atoms. The third-order valence-corrected chi connectivity index (χ3v) is 6.25. The molecule has 3 aromatic rings. The predicted molar refractivity (Wildman–Crippen MR) is 120 cm³/mol. The Balaban J connectivity index is 1.63. The molecule has 0 aliphatic carbocycles. The van der Waals surface area contributed by atoms with Crippen molar-refractivity contribution < 1.29 is 4.79 Å². The minimum absolute atomic E-state index is 0.0617. The summed E-state index contributed by atoms with van der Waals surface area (Å²) in [5.74, 6) is 0.0617. The molecule has 2 aliphatic heterocycles. The number of fused-ring (bicyclic) bond motifs is 1. The van der Waals surface area contributed by atoms with E-state index in [0.717, 1.165) is 27.6 Å². The lowest BCUT2D eigenvalue weighted by Crippen LogP contribution is -2.40. The maximum absolute atomic E-state index is 13.7. The largest absolute Gasteiger partial charge is 0.305 e. The van der Waals surface area contributed by atoms with Crippen molar-refractivity contribution in [2.24, 2.45) is 4.99 Å². The first-order chi connectivity index (χ1) is 14.2. The van der Waals surface area contributed by atoms with E-state index in [1.165, 1.54) is 0 Å². The molecule has 2 unspecified atom stereocenters. The Morgan fingerprint density at radius 3 is 2.17 bits per heavy atom. The molecule has 0 saturated carbocycles. The van der Waals surface area contributed by atoms with Crippen molar-refractivity contribution in [2.75, 3.05) is 0 Å². The van der Waals surface area contributed by atoms with Crippen molar-refractivity contribution in [1.29, 1.82) is 0 Å². The van der Waals surface area contributed by atoms with Crippen molar-refractivity contribution in [3.63, 3.8) is 0 Å². The number of thioether (sulfide) groups is 1. The zero-order valence-corrected chi connectivity index (χ0v) is 17.0. The first-order valence-electron chi connectivity index (χ1n) is 9.36. The highest BCUT2D eigenvalue weighted by Crippen LogP contribution is 2.46. The van der Waals surface area contributed by atoms with E-state index in [0.29, 0.717) is 5.02 Å². The Morgan fingerprint density at radius 2 is 1.48 bits per heavy atom. The molecule has 5 heteroatoms. The number of carbonyl (C=O) groups is 1. The number of hydrogen-bond donors (Lipinski definition) is 0. The monoisotopic (exact) mass is 416 g/mol. The molecule has 0 fully saturated rings. The Labute approximate surface area is 178 Å². The van der Waals surface area contributed by atoms with Gasteiger partial charge in [-0.25, -0.2) is 4.99 Å². The number of hydrogen-bond acceptors (Lipinski definition) is 4. The third-order valence-electron chi connectivity index (χ3n) is 5.15. The minimum atomic E-state index is -0.542. The number of nitrogens with zero attached hydrogens (tertiary/aromatic N) is 2. The summed E-state index contributed by atoms with van der Waals surface area (Å²) in [6, 6.07) is 26.5. The van der Waals surface area contributed by atoms with Gasteiger partial charge in [-0.1, -0.05) is 96.2 Å². The summed E-state index contributed by atoms with van der Waals surface area (Å²) in [6.45, 7) is 0. The summed E-state index contributed by atoms with van der Waals surface area (Å²) in [6.07, 6.45) is 0. The number of amidine groups is 1. The van der Waals surface area contributed by atoms with Crippen molar-refractivity contribution in [3.05, 3.63) is 112 Å². The fourth-order valence-corrected chi connectivity index (χ4v) is 4.84. The van der Waals surface area contributed by atoms with Crippen LogP contribution in [0.4, 0.5) is 0 Å². The van der Waals surface area contributed by atoms with Gasteiger partial charge in [-0.05, 0) is 28.8 Å². The van der Waals surface area contributed by atoms with Crippen LogP contribution in [0.5, 0.6) is 0 Å². The van der Waals surface area contributed by atoms with Crippen LogP contribution in [0.25, 0.3) is 5.70 Å². The van der Waals surface area contributed by atoms with E-state index >= 15 is 0 Å². The molecular formula is C24H17ClN2OS. The van der Waals surface area contributed by atoms with E-state index in [2.05, 4.69) is 22.4 Å². The Morgan fingerprint density at radius 1 is 0.828 bits per heavy atom. The first-order valence-corrected chi connectivity index (χ1v) is 10.6. The average Bonchev–Trinajstić information content (AvgIpc) is 3.19. The van der Waals surface area contributed by atoms with E-state index in [9.17, 15) is 4.79 Å². The molecule has 2 heterocycles. The van der Waals surface area contributed by atoms with Crippen LogP contribution in [0.3, 0.4) is 0 Å². The molecule has 2 aliphatic rings. The third kappa shape index (κ3) is 3.28. The standard InChI is InChI=1S/C24H17ClN2OS/c25-19-13-11-17(12-14-19)21-23(28)22(18-9-5-2-6-10-18)27-20(15-29-24(27)26-21)16-7-3-1-4-8-16/h1-15,21-22H. The molecule has 3 aromatic carbocycles. The van der Waals surface area contributed by atoms with Crippen LogP contribution in [0.1, 0.15) is 28.8 Å².